The van der Waals surface area contributed by atoms with Crippen LogP contribution in [0.1, 0.15) is 6.92 Å². The smallest absolute Gasteiger partial charge is 0.165 e. The lowest BCUT2D eigenvalue weighted by Crippen LogP contribution is -2.20. The molecule has 0 unspecified atom stereocenters. The van der Waals surface area contributed by atoms with E-state index in [1.807, 2.05) is 43.5 Å². The van der Waals surface area contributed by atoms with Crippen molar-refractivity contribution in [2.45, 2.75) is 19.6 Å². The van der Waals surface area contributed by atoms with Crippen LogP contribution in [0.2, 0.25) is 0 Å². The van der Waals surface area contributed by atoms with E-state index in [1.54, 1.807) is 30.0 Å². The quantitative estimate of drug-likeness (QED) is 0.377. The number of hydrogen-bond donors (Lipinski definition) is 0. The summed E-state index contributed by atoms with van der Waals surface area (Å²) in [7, 11) is 1.63. The standard InChI is InChI=1S/C23H20FN7O2/c1-15(13-30-14-25-28-29-30)33-22-11-17(6-7-20(22)24)21-8-9-31-23(27-21)19(12-26-31)16-4-3-5-18(10-16)32-2/h3-12,14-15H,13H2,1-2H3/t15-/m0/s1. The number of nitrogens with zero attached hydrogens (tertiary/aromatic N) is 7. The summed E-state index contributed by atoms with van der Waals surface area (Å²) >= 11 is 0. The largest absolute Gasteiger partial charge is 0.497 e. The minimum absolute atomic E-state index is 0.135. The molecule has 0 bridgehead atoms. The molecule has 2 aromatic carbocycles. The average molecular weight is 445 g/mol. The Morgan fingerprint density at radius 2 is 2.00 bits per heavy atom. The van der Waals surface area contributed by atoms with Gasteiger partial charge in [0.2, 0.25) is 0 Å². The number of tetrazole rings is 1. The Morgan fingerprint density at radius 1 is 1.09 bits per heavy atom. The van der Waals surface area contributed by atoms with Gasteiger partial charge in [0.25, 0.3) is 0 Å². The van der Waals surface area contributed by atoms with Crippen LogP contribution in [0.5, 0.6) is 11.5 Å². The molecule has 3 heterocycles. The van der Waals surface area contributed by atoms with E-state index in [9.17, 15) is 4.39 Å². The van der Waals surface area contributed by atoms with Crippen LogP contribution in [0.25, 0.3) is 28.0 Å². The zero-order chi connectivity index (χ0) is 22.8. The van der Waals surface area contributed by atoms with E-state index >= 15 is 0 Å². The average Bonchev–Trinajstić information content (AvgIpc) is 3.50. The summed E-state index contributed by atoms with van der Waals surface area (Å²) in [6.45, 7) is 2.21. The first-order valence-corrected chi connectivity index (χ1v) is 10.3. The second kappa shape index (κ2) is 8.65. The fourth-order valence-electron chi connectivity index (χ4n) is 3.56. The number of rotatable bonds is 7. The number of hydrogen-bond acceptors (Lipinski definition) is 7. The van der Waals surface area contributed by atoms with Gasteiger partial charge in [0.1, 0.15) is 18.2 Å². The third-order valence-corrected chi connectivity index (χ3v) is 5.14. The summed E-state index contributed by atoms with van der Waals surface area (Å²) in [6.07, 6.45) is 4.73. The maximum absolute atomic E-state index is 14.5. The van der Waals surface area contributed by atoms with Crippen LogP contribution in [0.4, 0.5) is 4.39 Å². The van der Waals surface area contributed by atoms with Crippen LogP contribution in [-0.4, -0.2) is 48.0 Å². The molecule has 0 aliphatic rings. The summed E-state index contributed by atoms with van der Waals surface area (Å²) in [5, 5.41) is 15.4. The summed E-state index contributed by atoms with van der Waals surface area (Å²) in [5.41, 5.74) is 3.88. The van der Waals surface area contributed by atoms with Gasteiger partial charge in [0.15, 0.2) is 17.2 Å². The lowest BCUT2D eigenvalue weighted by Gasteiger charge is -2.15. The summed E-state index contributed by atoms with van der Waals surface area (Å²) < 4.78 is 28.9. The zero-order valence-electron chi connectivity index (χ0n) is 18.0. The first-order chi connectivity index (χ1) is 16.1. The molecular formula is C23H20FN7O2. The van der Waals surface area contributed by atoms with Gasteiger partial charge in [-0.1, -0.05) is 12.1 Å². The lowest BCUT2D eigenvalue weighted by molar-refractivity contribution is 0.185. The lowest BCUT2D eigenvalue weighted by atomic mass is 10.1. The highest BCUT2D eigenvalue weighted by molar-refractivity contribution is 5.79. The minimum atomic E-state index is -0.454. The number of halogens is 1. The van der Waals surface area contributed by atoms with Gasteiger partial charge in [0.05, 0.1) is 25.5 Å². The number of benzene rings is 2. The van der Waals surface area contributed by atoms with Crippen molar-refractivity contribution in [3.63, 3.8) is 0 Å². The van der Waals surface area contributed by atoms with Crippen molar-refractivity contribution in [1.29, 1.82) is 0 Å². The molecule has 0 amide bonds. The van der Waals surface area contributed by atoms with Crippen molar-refractivity contribution in [1.82, 2.24) is 34.8 Å². The summed E-state index contributed by atoms with van der Waals surface area (Å²) in [4.78, 5) is 4.80. The molecule has 0 aliphatic carbocycles. The maximum Gasteiger partial charge on any atom is 0.165 e. The number of ether oxygens (including phenoxy) is 2. The van der Waals surface area contributed by atoms with Crippen LogP contribution in [-0.2, 0) is 6.54 Å². The molecule has 3 aromatic heterocycles. The zero-order valence-corrected chi connectivity index (χ0v) is 18.0. The van der Waals surface area contributed by atoms with Gasteiger partial charge in [-0.15, -0.1) is 5.10 Å². The van der Waals surface area contributed by atoms with Crippen molar-refractivity contribution in [2.24, 2.45) is 0 Å². The van der Waals surface area contributed by atoms with E-state index in [4.69, 9.17) is 14.5 Å². The monoisotopic (exact) mass is 445 g/mol. The van der Waals surface area contributed by atoms with Gasteiger partial charge >= 0.3 is 0 Å². The molecule has 0 aliphatic heterocycles. The Balaban J connectivity index is 1.47. The van der Waals surface area contributed by atoms with Gasteiger partial charge in [-0.05, 0) is 59.3 Å². The van der Waals surface area contributed by atoms with Crippen LogP contribution >= 0.6 is 0 Å². The van der Waals surface area contributed by atoms with Gasteiger partial charge in [-0.3, -0.25) is 0 Å². The SMILES string of the molecule is COc1cccc(-c2cnn3ccc(-c4ccc(F)c(O[C@@H](C)Cn5cnnn5)c4)nc23)c1. The Hall–Kier alpha value is -4.34. The molecule has 33 heavy (non-hydrogen) atoms. The molecule has 0 fully saturated rings. The molecule has 0 saturated carbocycles. The van der Waals surface area contributed by atoms with E-state index in [0.717, 1.165) is 22.4 Å². The van der Waals surface area contributed by atoms with Crippen molar-refractivity contribution in [3.05, 3.63) is 73.1 Å². The van der Waals surface area contributed by atoms with E-state index < -0.39 is 5.82 Å². The van der Waals surface area contributed by atoms with E-state index in [-0.39, 0.29) is 11.9 Å². The highest BCUT2D eigenvalue weighted by Gasteiger charge is 2.14. The van der Waals surface area contributed by atoms with E-state index in [0.29, 0.717) is 17.9 Å². The Labute approximate surface area is 188 Å². The number of fused-ring (bicyclic) bond motifs is 1. The second-order valence-electron chi connectivity index (χ2n) is 7.48. The molecule has 5 rings (SSSR count). The molecule has 10 heteroatoms. The number of methoxy groups -OCH3 is 1. The fraction of sp³-hybridized carbons (Fsp3) is 0.174. The molecule has 0 N–H and O–H groups in total. The van der Waals surface area contributed by atoms with Crippen molar-refractivity contribution in [3.8, 4) is 33.9 Å². The Bertz CT molecular complexity index is 1400. The molecule has 166 valence electrons. The predicted molar refractivity (Wildman–Crippen MR) is 118 cm³/mol. The van der Waals surface area contributed by atoms with Crippen molar-refractivity contribution in [2.75, 3.05) is 7.11 Å². The highest BCUT2D eigenvalue weighted by atomic mass is 19.1. The summed E-state index contributed by atoms with van der Waals surface area (Å²) in [5.74, 6) is 0.431. The first-order valence-electron chi connectivity index (χ1n) is 10.3. The van der Waals surface area contributed by atoms with Gasteiger partial charge in [-0.25, -0.2) is 18.6 Å². The van der Waals surface area contributed by atoms with Gasteiger partial charge in [0, 0.05) is 17.3 Å². The predicted octanol–water partition coefficient (Wildman–Crippen LogP) is 3.67. The molecule has 1 atom stereocenters. The molecular weight excluding hydrogens is 425 g/mol. The third kappa shape index (κ3) is 4.22. The van der Waals surface area contributed by atoms with Crippen LogP contribution in [0, 0.1) is 5.82 Å². The molecule has 0 radical (unpaired) electrons. The minimum Gasteiger partial charge on any atom is -0.497 e. The first kappa shape index (κ1) is 20.6. The van der Waals surface area contributed by atoms with E-state index in [2.05, 4.69) is 20.6 Å². The van der Waals surface area contributed by atoms with Crippen LogP contribution in [0.15, 0.2) is 67.3 Å². The second-order valence-corrected chi connectivity index (χ2v) is 7.48. The molecule has 0 saturated heterocycles. The van der Waals surface area contributed by atoms with Gasteiger partial charge in [-0.2, -0.15) is 5.10 Å². The maximum atomic E-state index is 14.5. The Kier molecular flexibility index (Phi) is 5.39. The van der Waals surface area contributed by atoms with Gasteiger partial charge < -0.3 is 9.47 Å². The van der Waals surface area contributed by atoms with Crippen molar-refractivity contribution >= 4 is 5.65 Å². The molecule has 0 spiro atoms. The van der Waals surface area contributed by atoms with Crippen LogP contribution in [0.3, 0.4) is 0 Å². The molecule has 5 aromatic rings. The normalized spacial score (nSPS) is 12.1. The third-order valence-electron chi connectivity index (χ3n) is 5.14. The topological polar surface area (TPSA) is 92.2 Å². The van der Waals surface area contributed by atoms with E-state index in [1.165, 1.54) is 17.1 Å². The molecule has 9 nitrogen and oxygen atoms in total. The number of aromatic nitrogens is 7. The van der Waals surface area contributed by atoms with Crippen molar-refractivity contribution < 1.29 is 13.9 Å². The summed E-state index contributed by atoms with van der Waals surface area (Å²) in [6, 6.07) is 14.2. The Morgan fingerprint density at radius 3 is 2.82 bits per heavy atom. The highest BCUT2D eigenvalue weighted by Crippen LogP contribution is 2.30. The van der Waals surface area contributed by atoms with Crippen LogP contribution < -0.4 is 9.47 Å². The fourth-order valence-corrected chi connectivity index (χ4v) is 3.56.